The molecule has 1 aromatic rings. The molecule has 0 bridgehead atoms. The number of hydrogen-bond donors (Lipinski definition) is 1. The molecule has 1 aliphatic rings. The highest BCUT2D eigenvalue weighted by atomic mass is 35.5. The van der Waals surface area contributed by atoms with Crippen molar-refractivity contribution in [3.05, 3.63) is 22.2 Å². The van der Waals surface area contributed by atoms with Gasteiger partial charge in [-0.05, 0) is 18.1 Å². The fraction of sp³-hybridized carbons (Fsp3) is 0.385. The lowest BCUT2D eigenvalue weighted by molar-refractivity contribution is -0.117. The van der Waals surface area contributed by atoms with Gasteiger partial charge in [0.05, 0.1) is 21.4 Å². The fourth-order valence-electron chi connectivity index (χ4n) is 2.15. The van der Waals surface area contributed by atoms with Crippen molar-refractivity contribution in [2.75, 3.05) is 22.9 Å². The number of nitrogens with two attached hydrogens (primary N) is 1. The highest BCUT2D eigenvalue weighted by Gasteiger charge is 2.32. The molecular formula is C13H14Cl2N2O2S. The molecule has 1 heterocycles. The molecule has 0 saturated carbocycles. The highest BCUT2D eigenvalue weighted by Crippen LogP contribution is 2.36. The summed E-state index contributed by atoms with van der Waals surface area (Å²) in [5, 5.41) is 0.790. The zero-order valence-electron chi connectivity index (χ0n) is 10.9. The third-order valence-corrected chi connectivity index (χ3v) is 4.85. The summed E-state index contributed by atoms with van der Waals surface area (Å²) in [6.07, 6.45) is 0.417. The van der Waals surface area contributed by atoms with Crippen molar-refractivity contribution in [2.45, 2.75) is 13.3 Å². The molecule has 2 N–H and O–H groups in total. The second kappa shape index (κ2) is 6.24. The topological polar surface area (TPSA) is 63.4 Å². The van der Waals surface area contributed by atoms with Gasteiger partial charge in [0.1, 0.15) is 0 Å². The summed E-state index contributed by atoms with van der Waals surface area (Å²) < 4.78 is 0. The van der Waals surface area contributed by atoms with E-state index < -0.39 is 0 Å². The molecule has 2 rings (SSSR count). The SMILES string of the molecule is CC(=O)SCC1CC(=O)N(c2cc(Cl)c(Cl)cc2N)C1. The van der Waals surface area contributed by atoms with Crippen LogP contribution in [-0.4, -0.2) is 23.3 Å². The van der Waals surface area contributed by atoms with Crippen molar-refractivity contribution in [2.24, 2.45) is 5.92 Å². The average Bonchev–Trinajstić information content (AvgIpc) is 2.72. The number of halogens is 2. The Hall–Kier alpha value is -0.910. The first-order valence-corrected chi connectivity index (χ1v) is 7.81. The van der Waals surface area contributed by atoms with E-state index in [9.17, 15) is 9.59 Å². The van der Waals surface area contributed by atoms with Crippen LogP contribution in [0.15, 0.2) is 12.1 Å². The van der Waals surface area contributed by atoms with Crippen LogP contribution in [0.25, 0.3) is 0 Å². The van der Waals surface area contributed by atoms with E-state index in [1.165, 1.54) is 18.7 Å². The summed E-state index contributed by atoms with van der Waals surface area (Å²) in [4.78, 5) is 24.7. The van der Waals surface area contributed by atoms with E-state index in [0.717, 1.165) is 0 Å². The summed E-state index contributed by atoms with van der Waals surface area (Å²) >= 11 is 13.1. The van der Waals surface area contributed by atoms with Crippen LogP contribution in [0.4, 0.5) is 11.4 Å². The van der Waals surface area contributed by atoms with Crippen LogP contribution in [0.5, 0.6) is 0 Å². The standard InChI is InChI=1S/C13H14Cl2N2O2S/c1-7(18)20-6-8-2-13(19)17(5-8)12-4-10(15)9(14)3-11(12)16/h3-4,8H,2,5-6,16H2,1H3. The Morgan fingerprint density at radius 3 is 2.75 bits per heavy atom. The van der Waals surface area contributed by atoms with Crippen molar-refractivity contribution in [3.63, 3.8) is 0 Å². The van der Waals surface area contributed by atoms with Gasteiger partial charge in [-0.25, -0.2) is 0 Å². The summed E-state index contributed by atoms with van der Waals surface area (Å²) in [6, 6.07) is 3.15. The molecule has 4 nitrogen and oxygen atoms in total. The van der Waals surface area contributed by atoms with E-state index in [-0.39, 0.29) is 16.9 Å². The van der Waals surface area contributed by atoms with Gasteiger partial charge in [-0.3, -0.25) is 9.59 Å². The minimum atomic E-state index is -0.00996. The average molecular weight is 333 g/mol. The fourth-order valence-corrected chi connectivity index (χ4v) is 3.17. The maximum Gasteiger partial charge on any atom is 0.227 e. The number of thioether (sulfide) groups is 1. The third-order valence-electron chi connectivity index (χ3n) is 3.09. The van der Waals surface area contributed by atoms with Crippen molar-refractivity contribution < 1.29 is 9.59 Å². The number of rotatable bonds is 3. The number of nitrogens with zero attached hydrogens (tertiary/aromatic N) is 1. The van der Waals surface area contributed by atoms with E-state index in [1.807, 2.05) is 0 Å². The van der Waals surface area contributed by atoms with E-state index >= 15 is 0 Å². The van der Waals surface area contributed by atoms with Gasteiger partial charge in [0.15, 0.2) is 5.12 Å². The Labute approximate surface area is 131 Å². The molecule has 1 fully saturated rings. The van der Waals surface area contributed by atoms with Gasteiger partial charge in [0.25, 0.3) is 0 Å². The van der Waals surface area contributed by atoms with Gasteiger partial charge >= 0.3 is 0 Å². The summed E-state index contributed by atoms with van der Waals surface area (Å²) in [5.41, 5.74) is 6.91. The van der Waals surface area contributed by atoms with E-state index in [0.29, 0.717) is 40.1 Å². The zero-order valence-corrected chi connectivity index (χ0v) is 13.2. The third kappa shape index (κ3) is 3.40. The van der Waals surface area contributed by atoms with Crippen molar-refractivity contribution in [1.29, 1.82) is 0 Å². The molecule has 1 amide bonds. The number of benzene rings is 1. The molecule has 1 aromatic carbocycles. The maximum atomic E-state index is 12.1. The maximum absolute atomic E-state index is 12.1. The van der Waals surface area contributed by atoms with Crippen LogP contribution in [0, 0.1) is 5.92 Å². The number of anilines is 2. The van der Waals surface area contributed by atoms with Crippen LogP contribution in [0.2, 0.25) is 10.0 Å². The van der Waals surface area contributed by atoms with Crippen LogP contribution >= 0.6 is 35.0 Å². The summed E-state index contributed by atoms with van der Waals surface area (Å²) in [7, 11) is 0. The first-order chi connectivity index (χ1) is 9.38. The summed E-state index contributed by atoms with van der Waals surface area (Å²) in [5.74, 6) is 0.771. The molecule has 0 spiro atoms. The lowest BCUT2D eigenvalue weighted by Gasteiger charge is -2.19. The molecule has 0 aliphatic carbocycles. The number of amides is 1. The number of nitrogen functional groups attached to an aromatic ring is 1. The van der Waals surface area contributed by atoms with Gasteiger partial charge in [0, 0.05) is 25.6 Å². The van der Waals surface area contributed by atoms with Crippen molar-refractivity contribution in [3.8, 4) is 0 Å². The van der Waals surface area contributed by atoms with Crippen molar-refractivity contribution in [1.82, 2.24) is 0 Å². The first kappa shape index (κ1) is 15.5. The lowest BCUT2D eigenvalue weighted by Crippen LogP contribution is -2.25. The molecular weight excluding hydrogens is 319 g/mol. The van der Waals surface area contributed by atoms with Gasteiger partial charge in [-0.15, -0.1) is 0 Å². The molecule has 1 saturated heterocycles. The van der Waals surface area contributed by atoms with E-state index in [2.05, 4.69) is 0 Å². The van der Waals surface area contributed by atoms with Gasteiger partial charge in [-0.1, -0.05) is 35.0 Å². The normalized spacial score (nSPS) is 18.6. The molecule has 108 valence electrons. The molecule has 0 aromatic heterocycles. The van der Waals surface area contributed by atoms with Gasteiger partial charge < -0.3 is 10.6 Å². The predicted octanol–water partition coefficient (Wildman–Crippen LogP) is 3.21. The van der Waals surface area contributed by atoms with Crippen LogP contribution < -0.4 is 10.6 Å². The lowest BCUT2D eigenvalue weighted by atomic mass is 10.1. The molecule has 20 heavy (non-hydrogen) atoms. The smallest absolute Gasteiger partial charge is 0.227 e. The van der Waals surface area contributed by atoms with Gasteiger partial charge in [0.2, 0.25) is 5.91 Å². The Morgan fingerprint density at radius 2 is 2.10 bits per heavy atom. The van der Waals surface area contributed by atoms with Gasteiger partial charge in [-0.2, -0.15) is 0 Å². The monoisotopic (exact) mass is 332 g/mol. The Morgan fingerprint density at radius 1 is 1.45 bits per heavy atom. The Balaban J connectivity index is 2.16. The highest BCUT2D eigenvalue weighted by molar-refractivity contribution is 8.13. The molecule has 1 unspecified atom stereocenters. The van der Waals surface area contributed by atoms with Crippen LogP contribution in [0.1, 0.15) is 13.3 Å². The minimum absolute atomic E-state index is 0.00996. The van der Waals surface area contributed by atoms with Crippen LogP contribution in [-0.2, 0) is 9.59 Å². The Kier molecular flexibility index (Phi) is 4.83. The second-order valence-electron chi connectivity index (χ2n) is 4.70. The number of carbonyl (C=O) groups excluding carboxylic acids is 2. The molecule has 7 heteroatoms. The predicted molar refractivity (Wildman–Crippen MR) is 84.5 cm³/mol. The number of hydrogen-bond acceptors (Lipinski definition) is 4. The van der Waals surface area contributed by atoms with Crippen LogP contribution in [0.3, 0.4) is 0 Å². The molecule has 1 atom stereocenters. The largest absolute Gasteiger partial charge is 0.397 e. The number of carbonyl (C=O) groups is 2. The minimum Gasteiger partial charge on any atom is -0.397 e. The second-order valence-corrected chi connectivity index (χ2v) is 6.71. The summed E-state index contributed by atoms with van der Waals surface area (Å²) in [6.45, 7) is 2.07. The molecule has 1 aliphatic heterocycles. The van der Waals surface area contributed by atoms with E-state index in [4.69, 9.17) is 28.9 Å². The Bertz CT molecular complexity index is 566. The molecule has 0 radical (unpaired) electrons. The van der Waals surface area contributed by atoms with Crippen molar-refractivity contribution >= 4 is 57.4 Å². The van der Waals surface area contributed by atoms with E-state index in [1.54, 1.807) is 17.0 Å². The first-order valence-electron chi connectivity index (χ1n) is 6.06. The quantitative estimate of drug-likeness (QED) is 0.863. The zero-order chi connectivity index (χ0) is 14.9.